The van der Waals surface area contributed by atoms with E-state index in [1.807, 2.05) is 0 Å². The van der Waals surface area contributed by atoms with E-state index in [4.69, 9.17) is 4.74 Å². The molecule has 0 saturated heterocycles. The summed E-state index contributed by atoms with van der Waals surface area (Å²) in [4.78, 5) is 12.0. The van der Waals surface area contributed by atoms with Crippen LogP contribution in [0.1, 0.15) is 15.9 Å². The zero-order valence-electron chi connectivity index (χ0n) is 14.6. The van der Waals surface area contributed by atoms with E-state index in [-0.39, 0.29) is 40.3 Å². The summed E-state index contributed by atoms with van der Waals surface area (Å²) in [5, 5.41) is 2.55. The van der Waals surface area contributed by atoms with Gasteiger partial charge in [0, 0.05) is 11.4 Å². The van der Waals surface area contributed by atoms with Gasteiger partial charge >= 0.3 is 12.1 Å². The largest absolute Gasteiger partial charge is 0.493 e. The summed E-state index contributed by atoms with van der Waals surface area (Å²) >= 11 is -0.356. The highest BCUT2D eigenvalue weighted by molar-refractivity contribution is 8.00. The van der Waals surface area contributed by atoms with Gasteiger partial charge in [-0.15, -0.1) is 0 Å². The molecule has 0 spiro atoms. The molecule has 1 amide bonds. The Labute approximate surface area is 162 Å². The number of hydrogen-bond acceptors (Lipinski definition) is 4. The molecule has 1 N–H and O–H groups in total. The lowest BCUT2D eigenvalue weighted by Crippen LogP contribution is -2.26. The second-order valence-electron chi connectivity index (χ2n) is 5.41. The fraction of sp³-hybridized carbons (Fsp3) is 0.278. The van der Waals surface area contributed by atoms with Crippen LogP contribution in [0.4, 0.5) is 22.0 Å². The molecule has 2 aromatic carbocycles. The number of nitrogens with one attached hydrogen (secondary N) is 1. The van der Waals surface area contributed by atoms with Crippen LogP contribution in [-0.4, -0.2) is 31.7 Å². The predicted octanol–water partition coefficient (Wildman–Crippen LogP) is 4.88. The van der Waals surface area contributed by atoms with Gasteiger partial charge in [-0.2, -0.15) is 22.0 Å². The molecule has 0 heterocycles. The van der Waals surface area contributed by atoms with E-state index in [0.717, 1.165) is 0 Å². The molecule has 0 fully saturated rings. The molecule has 0 saturated carbocycles. The van der Waals surface area contributed by atoms with Gasteiger partial charge in [0.1, 0.15) is 0 Å². The fourth-order valence-electron chi connectivity index (χ4n) is 2.34. The molecule has 10 heteroatoms. The molecule has 0 aliphatic rings. The summed E-state index contributed by atoms with van der Waals surface area (Å²) in [6.07, 6.45) is 0.311. The van der Waals surface area contributed by atoms with Gasteiger partial charge in [-0.3, -0.25) is 4.79 Å². The average molecular weight is 421 g/mol. The van der Waals surface area contributed by atoms with E-state index in [0.29, 0.717) is 12.0 Å². The Hall–Kier alpha value is -2.49. The molecule has 2 rings (SSSR count). The van der Waals surface area contributed by atoms with Gasteiger partial charge in [0.15, 0.2) is 11.5 Å². The molecule has 152 valence electrons. The molecule has 0 unspecified atom stereocenters. The third kappa shape index (κ3) is 6.59. The van der Waals surface area contributed by atoms with Crippen molar-refractivity contribution in [2.45, 2.75) is 23.4 Å². The number of benzene rings is 2. The first-order valence-corrected chi connectivity index (χ1v) is 8.76. The Bertz CT molecular complexity index is 814. The number of ether oxygens (including phenoxy) is 2. The molecule has 0 atom stereocenters. The SMILES string of the molecule is COc1cc(CCNC(=O)c2ccccc2SC(F)(F)F)ccc1OC(F)F. The summed E-state index contributed by atoms with van der Waals surface area (Å²) < 4.78 is 71.8. The zero-order chi connectivity index (χ0) is 20.7. The first-order chi connectivity index (χ1) is 13.2. The topological polar surface area (TPSA) is 47.6 Å². The molecule has 0 bridgehead atoms. The van der Waals surface area contributed by atoms with Crippen LogP contribution in [0.3, 0.4) is 0 Å². The fourth-order valence-corrected chi connectivity index (χ4v) is 3.01. The minimum Gasteiger partial charge on any atom is -0.493 e. The third-order valence-electron chi connectivity index (χ3n) is 3.50. The Kier molecular flexibility index (Phi) is 7.50. The van der Waals surface area contributed by atoms with Gasteiger partial charge in [0.05, 0.1) is 12.7 Å². The Morgan fingerprint density at radius 3 is 2.50 bits per heavy atom. The number of carbonyl (C=O) groups is 1. The van der Waals surface area contributed by atoms with Gasteiger partial charge in [-0.05, 0) is 48.0 Å². The highest BCUT2D eigenvalue weighted by Crippen LogP contribution is 2.38. The molecule has 0 aromatic heterocycles. The number of carbonyl (C=O) groups excluding carboxylic acids is 1. The third-order valence-corrected chi connectivity index (χ3v) is 4.31. The van der Waals surface area contributed by atoms with E-state index in [9.17, 15) is 26.7 Å². The lowest BCUT2D eigenvalue weighted by molar-refractivity contribution is -0.0512. The van der Waals surface area contributed by atoms with Crippen LogP contribution >= 0.6 is 11.8 Å². The lowest BCUT2D eigenvalue weighted by Gasteiger charge is -2.13. The zero-order valence-corrected chi connectivity index (χ0v) is 15.4. The van der Waals surface area contributed by atoms with Crippen molar-refractivity contribution in [1.29, 1.82) is 0 Å². The summed E-state index contributed by atoms with van der Waals surface area (Å²) in [7, 11) is 1.30. The van der Waals surface area contributed by atoms with Crippen LogP contribution in [0, 0.1) is 0 Å². The predicted molar refractivity (Wildman–Crippen MR) is 94.0 cm³/mol. The van der Waals surface area contributed by atoms with E-state index < -0.39 is 18.0 Å². The highest BCUT2D eigenvalue weighted by atomic mass is 32.2. The maximum absolute atomic E-state index is 12.6. The van der Waals surface area contributed by atoms with Crippen molar-refractivity contribution in [3.05, 3.63) is 53.6 Å². The molecular formula is C18H16F5NO3S. The van der Waals surface area contributed by atoms with E-state index in [1.165, 1.54) is 49.6 Å². The van der Waals surface area contributed by atoms with Crippen molar-refractivity contribution >= 4 is 17.7 Å². The van der Waals surface area contributed by atoms with Gasteiger partial charge in [-0.1, -0.05) is 18.2 Å². The maximum Gasteiger partial charge on any atom is 0.446 e. The second kappa shape index (κ2) is 9.63. The van der Waals surface area contributed by atoms with E-state index >= 15 is 0 Å². The van der Waals surface area contributed by atoms with E-state index in [1.54, 1.807) is 0 Å². The van der Waals surface area contributed by atoms with Crippen molar-refractivity contribution in [1.82, 2.24) is 5.32 Å². The number of halogens is 5. The lowest BCUT2D eigenvalue weighted by atomic mass is 10.1. The Morgan fingerprint density at radius 2 is 1.86 bits per heavy atom. The van der Waals surface area contributed by atoms with Crippen molar-refractivity contribution in [2.75, 3.05) is 13.7 Å². The molecular weight excluding hydrogens is 405 g/mol. The minimum atomic E-state index is -4.50. The molecule has 2 aromatic rings. The van der Waals surface area contributed by atoms with Gasteiger partial charge < -0.3 is 14.8 Å². The number of rotatable bonds is 8. The van der Waals surface area contributed by atoms with E-state index in [2.05, 4.69) is 10.1 Å². The van der Waals surface area contributed by atoms with Crippen LogP contribution in [0.15, 0.2) is 47.4 Å². The number of amides is 1. The maximum atomic E-state index is 12.6. The van der Waals surface area contributed by atoms with Crippen LogP contribution in [0.2, 0.25) is 0 Å². The van der Waals surface area contributed by atoms with Crippen molar-refractivity contribution < 1.29 is 36.2 Å². The smallest absolute Gasteiger partial charge is 0.446 e. The Morgan fingerprint density at radius 1 is 1.14 bits per heavy atom. The first kappa shape index (κ1) is 21.8. The first-order valence-electron chi connectivity index (χ1n) is 7.94. The monoisotopic (exact) mass is 421 g/mol. The quantitative estimate of drug-likeness (QED) is 0.488. The average Bonchev–Trinajstić information content (AvgIpc) is 2.61. The number of methoxy groups -OCH3 is 1. The van der Waals surface area contributed by atoms with Gasteiger partial charge in [0.25, 0.3) is 5.91 Å². The molecule has 28 heavy (non-hydrogen) atoms. The van der Waals surface area contributed by atoms with Crippen molar-refractivity contribution in [3.63, 3.8) is 0 Å². The number of thioether (sulfide) groups is 1. The summed E-state index contributed by atoms with van der Waals surface area (Å²) in [6.45, 7) is -2.86. The van der Waals surface area contributed by atoms with Crippen LogP contribution in [-0.2, 0) is 6.42 Å². The van der Waals surface area contributed by atoms with Crippen LogP contribution < -0.4 is 14.8 Å². The molecule has 0 aliphatic carbocycles. The molecule has 0 radical (unpaired) electrons. The minimum absolute atomic E-state index is 0.0805. The number of alkyl halides is 5. The van der Waals surface area contributed by atoms with Crippen molar-refractivity contribution in [2.24, 2.45) is 0 Å². The van der Waals surface area contributed by atoms with Gasteiger partial charge in [-0.25, -0.2) is 0 Å². The standard InChI is InChI=1S/C18H16F5NO3S/c1-26-14-10-11(6-7-13(14)27-17(19)20)8-9-24-16(25)12-4-2-3-5-15(12)28-18(21,22)23/h2-7,10,17H,8-9H2,1H3,(H,24,25). The normalized spacial score (nSPS) is 11.4. The summed E-state index contributed by atoms with van der Waals surface area (Å²) in [5.74, 6) is -0.656. The summed E-state index contributed by atoms with van der Waals surface area (Å²) in [6, 6.07) is 9.75. The molecule has 0 aliphatic heterocycles. The number of hydrogen-bond donors (Lipinski definition) is 1. The second-order valence-corrected chi connectivity index (χ2v) is 6.52. The molecule has 4 nitrogen and oxygen atoms in total. The van der Waals surface area contributed by atoms with Crippen LogP contribution in [0.5, 0.6) is 11.5 Å². The Balaban J connectivity index is 1.99. The highest BCUT2D eigenvalue weighted by Gasteiger charge is 2.31. The van der Waals surface area contributed by atoms with Gasteiger partial charge in [0.2, 0.25) is 0 Å². The summed E-state index contributed by atoms with van der Waals surface area (Å²) in [5.41, 5.74) is -3.92. The van der Waals surface area contributed by atoms with Crippen molar-refractivity contribution in [3.8, 4) is 11.5 Å². The van der Waals surface area contributed by atoms with Crippen LogP contribution in [0.25, 0.3) is 0 Å².